The molecule has 0 aromatic heterocycles. The number of ether oxygens (including phenoxy) is 1. The van der Waals surface area contributed by atoms with Crippen molar-refractivity contribution < 1.29 is 4.74 Å². The Kier molecular flexibility index (Phi) is 5.33. The molecule has 1 atom stereocenters. The maximum Gasteiger partial charge on any atom is 0.122 e. The molecule has 0 radical (unpaired) electrons. The SMILES string of the molecule is CCc1cc(CCC(C)CN)ccc1OC. The van der Waals surface area contributed by atoms with E-state index in [0.29, 0.717) is 5.92 Å². The van der Waals surface area contributed by atoms with Crippen molar-refractivity contribution in [2.75, 3.05) is 13.7 Å². The van der Waals surface area contributed by atoms with Crippen molar-refractivity contribution in [1.29, 1.82) is 0 Å². The molecule has 0 saturated heterocycles. The van der Waals surface area contributed by atoms with E-state index in [1.807, 2.05) is 0 Å². The van der Waals surface area contributed by atoms with E-state index in [0.717, 1.165) is 31.6 Å². The maximum absolute atomic E-state index is 5.62. The second-order valence-electron chi connectivity index (χ2n) is 4.38. The zero-order valence-electron chi connectivity index (χ0n) is 10.6. The zero-order chi connectivity index (χ0) is 12.0. The molecule has 0 fully saturated rings. The van der Waals surface area contributed by atoms with Gasteiger partial charge in [-0.05, 0) is 48.9 Å². The third-order valence-corrected chi connectivity index (χ3v) is 3.05. The molecule has 1 aromatic carbocycles. The molecule has 0 aliphatic heterocycles. The molecule has 1 aromatic rings. The van der Waals surface area contributed by atoms with Crippen molar-refractivity contribution >= 4 is 0 Å². The number of methoxy groups -OCH3 is 1. The van der Waals surface area contributed by atoms with Crippen molar-refractivity contribution in [3.63, 3.8) is 0 Å². The molecule has 0 spiro atoms. The number of hydrogen-bond acceptors (Lipinski definition) is 2. The van der Waals surface area contributed by atoms with E-state index in [1.165, 1.54) is 11.1 Å². The van der Waals surface area contributed by atoms with E-state index in [1.54, 1.807) is 7.11 Å². The summed E-state index contributed by atoms with van der Waals surface area (Å²) in [6.07, 6.45) is 3.28. The Balaban J connectivity index is 2.67. The first kappa shape index (κ1) is 13.0. The fourth-order valence-electron chi connectivity index (χ4n) is 1.79. The number of aryl methyl sites for hydroxylation is 2. The lowest BCUT2D eigenvalue weighted by atomic mass is 9.99. The Morgan fingerprint density at radius 1 is 1.38 bits per heavy atom. The van der Waals surface area contributed by atoms with Crippen molar-refractivity contribution in [1.82, 2.24) is 0 Å². The standard InChI is InChI=1S/C14H23NO/c1-4-13-9-12(6-5-11(2)10-15)7-8-14(13)16-3/h7-9,11H,4-6,10,15H2,1-3H3. The van der Waals surface area contributed by atoms with Gasteiger partial charge in [-0.2, -0.15) is 0 Å². The molecule has 1 rings (SSSR count). The summed E-state index contributed by atoms with van der Waals surface area (Å²) in [5, 5.41) is 0. The molecule has 0 amide bonds. The summed E-state index contributed by atoms with van der Waals surface area (Å²) < 4.78 is 5.32. The van der Waals surface area contributed by atoms with Gasteiger partial charge < -0.3 is 10.5 Å². The second kappa shape index (κ2) is 6.54. The van der Waals surface area contributed by atoms with E-state index < -0.39 is 0 Å². The highest BCUT2D eigenvalue weighted by Crippen LogP contribution is 2.21. The van der Waals surface area contributed by atoms with Crippen LogP contribution in [-0.4, -0.2) is 13.7 Å². The van der Waals surface area contributed by atoms with Gasteiger partial charge in [-0.1, -0.05) is 26.0 Å². The Labute approximate surface area is 98.8 Å². The minimum Gasteiger partial charge on any atom is -0.496 e. The Morgan fingerprint density at radius 3 is 2.69 bits per heavy atom. The molecule has 1 unspecified atom stereocenters. The molecule has 2 heteroatoms. The van der Waals surface area contributed by atoms with E-state index in [9.17, 15) is 0 Å². The summed E-state index contributed by atoms with van der Waals surface area (Å²) in [4.78, 5) is 0. The van der Waals surface area contributed by atoms with Crippen molar-refractivity contribution in [3.05, 3.63) is 29.3 Å². The normalized spacial score (nSPS) is 12.5. The number of hydrogen-bond donors (Lipinski definition) is 1. The van der Waals surface area contributed by atoms with Crippen LogP contribution >= 0.6 is 0 Å². The van der Waals surface area contributed by atoms with Crippen LogP contribution in [0.25, 0.3) is 0 Å². The number of nitrogens with two attached hydrogens (primary N) is 1. The van der Waals surface area contributed by atoms with Crippen LogP contribution in [0.5, 0.6) is 5.75 Å². The van der Waals surface area contributed by atoms with Crippen LogP contribution in [-0.2, 0) is 12.8 Å². The van der Waals surface area contributed by atoms with Gasteiger partial charge in [-0.25, -0.2) is 0 Å². The lowest BCUT2D eigenvalue weighted by molar-refractivity contribution is 0.410. The van der Waals surface area contributed by atoms with Crippen LogP contribution in [0.4, 0.5) is 0 Å². The quantitative estimate of drug-likeness (QED) is 0.801. The molecule has 0 aliphatic rings. The van der Waals surface area contributed by atoms with E-state index in [-0.39, 0.29) is 0 Å². The van der Waals surface area contributed by atoms with Gasteiger partial charge in [0.1, 0.15) is 5.75 Å². The summed E-state index contributed by atoms with van der Waals surface area (Å²) in [7, 11) is 1.73. The lowest BCUT2D eigenvalue weighted by Crippen LogP contribution is -2.11. The molecule has 16 heavy (non-hydrogen) atoms. The van der Waals surface area contributed by atoms with Gasteiger partial charge in [0.15, 0.2) is 0 Å². The van der Waals surface area contributed by atoms with Gasteiger partial charge >= 0.3 is 0 Å². The summed E-state index contributed by atoms with van der Waals surface area (Å²) in [6, 6.07) is 6.48. The Bertz CT molecular complexity index is 323. The molecule has 0 saturated carbocycles. The third kappa shape index (κ3) is 3.53. The minimum absolute atomic E-state index is 0.604. The first-order chi connectivity index (χ1) is 7.71. The molecule has 0 heterocycles. The Hall–Kier alpha value is -1.02. The van der Waals surface area contributed by atoms with Crippen molar-refractivity contribution in [2.24, 2.45) is 11.7 Å². The van der Waals surface area contributed by atoms with Crippen LogP contribution in [0.1, 0.15) is 31.4 Å². The van der Waals surface area contributed by atoms with Crippen LogP contribution < -0.4 is 10.5 Å². The average molecular weight is 221 g/mol. The molecule has 90 valence electrons. The molecular weight excluding hydrogens is 198 g/mol. The lowest BCUT2D eigenvalue weighted by Gasteiger charge is -2.11. The van der Waals surface area contributed by atoms with Gasteiger partial charge in [0.2, 0.25) is 0 Å². The van der Waals surface area contributed by atoms with E-state index in [4.69, 9.17) is 10.5 Å². The fourth-order valence-corrected chi connectivity index (χ4v) is 1.79. The van der Waals surface area contributed by atoms with Gasteiger partial charge in [-0.15, -0.1) is 0 Å². The summed E-state index contributed by atoms with van der Waals surface area (Å²) in [5.74, 6) is 1.60. The second-order valence-corrected chi connectivity index (χ2v) is 4.38. The zero-order valence-corrected chi connectivity index (χ0v) is 10.6. The maximum atomic E-state index is 5.62. The predicted octanol–water partition coefficient (Wildman–Crippen LogP) is 2.79. The molecule has 0 bridgehead atoms. The van der Waals surface area contributed by atoms with Gasteiger partial charge in [0, 0.05) is 0 Å². The number of rotatable bonds is 6. The molecular formula is C14H23NO. The Morgan fingerprint density at radius 2 is 2.12 bits per heavy atom. The highest BCUT2D eigenvalue weighted by Gasteiger charge is 2.04. The van der Waals surface area contributed by atoms with Crippen molar-refractivity contribution in [3.8, 4) is 5.75 Å². The smallest absolute Gasteiger partial charge is 0.122 e. The largest absolute Gasteiger partial charge is 0.496 e. The first-order valence-corrected chi connectivity index (χ1v) is 6.07. The van der Waals surface area contributed by atoms with E-state index in [2.05, 4.69) is 32.0 Å². The average Bonchev–Trinajstić information content (AvgIpc) is 2.35. The summed E-state index contributed by atoms with van der Waals surface area (Å²) >= 11 is 0. The third-order valence-electron chi connectivity index (χ3n) is 3.05. The monoisotopic (exact) mass is 221 g/mol. The number of benzene rings is 1. The minimum atomic E-state index is 0.604. The van der Waals surface area contributed by atoms with Crippen LogP contribution in [0.15, 0.2) is 18.2 Å². The summed E-state index contributed by atoms with van der Waals surface area (Å²) in [6.45, 7) is 5.13. The van der Waals surface area contributed by atoms with Crippen LogP contribution in [0, 0.1) is 5.92 Å². The van der Waals surface area contributed by atoms with Gasteiger partial charge in [-0.3, -0.25) is 0 Å². The highest BCUT2D eigenvalue weighted by atomic mass is 16.5. The molecule has 0 aliphatic carbocycles. The topological polar surface area (TPSA) is 35.2 Å². The highest BCUT2D eigenvalue weighted by molar-refractivity contribution is 5.37. The first-order valence-electron chi connectivity index (χ1n) is 6.07. The predicted molar refractivity (Wildman–Crippen MR) is 68.9 cm³/mol. The molecule has 2 N–H and O–H groups in total. The van der Waals surface area contributed by atoms with Crippen LogP contribution in [0.2, 0.25) is 0 Å². The van der Waals surface area contributed by atoms with Gasteiger partial charge in [0.25, 0.3) is 0 Å². The summed E-state index contributed by atoms with van der Waals surface area (Å²) in [5.41, 5.74) is 8.30. The van der Waals surface area contributed by atoms with Crippen molar-refractivity contribution in [2.45, 2.75) is 33.1 Å². The fraction of sp³-hybridized carbons (Fsp3) is 0.571. The van der Waals surface area contributed by atoms with E-state index >= 15 is 0 Å². The van der Waals surface area contributed by atoms with Gasteiger partial charge in [0.05, 0.1) is 7.11 Å². The van der Waals surface area contributed by atoms with Crippen LogP contribution in [0.3, 0.4) is 0 Å². The molecule has 2 nitrogen and oxygen atoms in total.